The number of anilines is 3. The average Bonchev–Trinajstić information content (AvgIpc) is 3.43. The Morgan fingerprint density at radius 2 is 0.750 bits per heavy atom. The van der Waals surface area contributed by atoms with Gasteiger partial charge in [0, 0.05) is 33.5 Å². The number of rotatable bonds is 6. The van der Waals surface area contributed by atoms with E-state index in [4.69, 9.17) is 0 Å². The van der Waals surface area contributed by atoms with Crippen LogP contribution in [0.1, 0.15) is 0 Å². The molecule has 0 N–H and O–H groups in total. The Kier molecular flexibility index (Phi) is 6.51. The molecule has 1 heterocycles. The summed E-state index contributed by atoms with van der Waals surface area (Å²) in [6.45, 7) is 0. The summed E-state index contributed by atoms with van der Waals surface area (Å²) in [7, 11) is 0. The minimum absolute atomic E-state index is 1.12. The first-order valence-corrected chi connectivity index (χ1v) is 15.0. The molecular formula is C42H30N2. The number of para-hydroxylation sites is 2. The number of hydrogen-bond donors (Lipinski definition) is 0. The number of hydrogen-bond acceptors (Lipinski definition) is 1. The predicted octanol–water partition coefficient (Wildman–Crippen LogP) is 11.6. The van der Waals surface area contributed by atoms with Crippen LogP contribution in [0.25, 0.3) is 49.7 Å². The SMILES string of the molecule is c1ccc(-c2ccc(N(c3ccccc3)c3ccc4c(c3)c3cc(-c5ccccc5)ccc3n4-c3ccccc3)cc2)cc1. The van der Waals surface area contributed by atoms with Gasteiger partial charge in [-0.1, -0.05) is 115 Å². The van der Waals surface area contributed by atoms with E-state index in [2.05, 4.69) is 191 Å². The molecule has 0 unspecified atom stereocenters. The highest BCUT2D eigenvalue weighted by molar-refractivity contribution is 6.11. The fraction of sp³-hybridized carbons (Fsp3) is 0. The Hall–Kier alpha value is -5.86. The van der Waals surface area contributed by atoms with Gasteiger partial charge in [-0.15, -0.1) is 0 Å². The molecule has 0 saturated carbocycles. The molecule has 0 bridgehead atoms. The molecule has 1 aromatic heterocycles. The van der Waals surface area contributed by atoms with Crippen molar-refractivity contribution in [2.45, 2.75) is 0 Å². The van der Waals surface area contributed by atoms with Crippen molar-refractivity contribution >= 4 is 38.9 Å². The molecule has 208 valence electrons. The third-order valence-electron chi connectivity index (χ3n) is 8.38. The first-order valence-electron chi connectivity index (χ1n) is 15.0. The lowest BCUT2D eigenvalue weighted by atomic mass is 10.0. The van der Waals surface area contributed by atoms with Crippen molar-refractivity contribution in [2.24, 2.45) is 0 Å². The van der Waals surface area contributed by atoms with E-state index in [-0.39, 0.29) is 0 Å². The number of aromatic nitrogens is 1. The van der Waals surface area contributed by atoms with Gasteiger partial charge in [-0.25, -0.2) is 0 Å². The molecule has 0 aliphatic carbocycles. The highest BCUT2D eigenvalue weighted by atomic mass is 15.1. The van der Waals surface area contributed by atoms with Gasteiger partial charge in [-0.05, 0) is 89.0 Å². The standard InChI is InChI=1S/C42H30N2/c1-5-13-31(14-6-1)33-21-24-37(25-22-33)43(35-17-9-3-10-18-35)38-26-28-42-40(30-38)39-29-34(32-15-7-2-8-16-32)23-27-41(39)44(42)36-19-11-4-12-20-36/h1-30H. The van der Waals surface area contributed by atoms with Crippen LogP contribution in [-0.4, -0.2) is 4.57 Å². The van der Waals surface area contributed by atoms with E-state index >= 15 is 0 Å². The van der Waals surface area contributed by atoms with Crippen LogP contribution in [0.2, 0.25) is 0 Å². The minimum atomic E-state index is 1.12. The smallest absolute Gasteiger partial charge is 0.0542 e. The molecule has 7 aromatic carbocycles. The van der Waals surface area contributed by atoms with Crippen molar-refractivity contribution < 1.29 is 0 Å². The van der Waals surface area contributed by atoms with Gasteiger partial charge in [0.25, 0.3) is 0 Å². The van der Waals surface area contributed by atoms with Crippen molar-refractivity contribution in [3.05, 3.63) is 182 Å². The van der Waals surface area contributed by atoms with Crippen LogP contribution in [0.5, 0.6) is 0 Å². The fourth-order valence-corrected chi connectivity index (χ4v) is 6.27. The number of nitrogens with zero attached hydrogens (tertiary/aromatic N) is 2. The van der Waals surface area contributed by atoms with Gasteiger partial charge in [-0.3, -0.25) is 0 Å². The molecule has 0 aliphatic heterocycles. The molecule has 2 nitrogen and oxygen atoms in total. The molecule has 44 heavy (non-hydrogen) atoms. The molecule has 0 fully saturated rings. The maximum Gasteiger partial charge on any atom is 0.0542 e. The van der Waals surface area contributed by atoms with E-state index in [1.807, 2.05) is 0 Å². The highest BCUT2D eigenvalue weighted by Gasteiger charge is 2.18. The zero-order valence-corrected chi connectivity index (χ0v) is 24.2. The monoisotopic (exact) mass is 562 g/mol. The quantitative estimate of drug-likeness (QED) is 0.196. The van der Waals surface area contributed by atoms with Crippen LogP contribution in [0, 0.1) is 0 Å². The summed E-state index contributed by atoms with van der Waals surface area (Å²) in [5.74, 6) is 0. The van der Waals surface area contributed by atoms with Gasteiger partial charge in [0.15, 0.2) is 0 Å². The van der Waals surface area contributed by atoms with Gasteiger partial charge in [0.1, 0.15) is 0 Å². The normalized spacial score (nSPS) is 11.2. The maximum absolute atomic E-state index is 2.38. The second-order valence-electron chi connectivity index (χ2n) is 11.1. The van der Waals surface area contributed by atoms with Gasteiger partial charge in [0.2, 0.25) is 0 Å². The van der Waals surface area contributed by atoms with Crippen molar-refractivity contribution in [3.8, 4) is 27.9 Å². The second kappa shape index (κ2) is 11.1. The molecule has 8 aromatic rings. The molecule has 0 atom stereocenters. The van der Waals surface area contributed by atoms with Gasteiger partial charge in [-0.2, -0.15) is 0 Å². The van der Waals surface area contributed by atoms with Crippen LogP contribution < -0.4 is 4.90 Å². The zero-order chi connectivity index (χ0) is 29.3. The van der Waals surface area contributed by atoms with Crippen LogP contribution in [0.15, 0.2) is 182 Å². The Bertz CT molecular complexity index is 2180. The van der Waals surface area contributed by atoms with Crippen LogP contribution in [-0.2, 0) is 0 Å². The number of fused-ring (bicyclic) bond motifs is 3. The van der Waals surface area contributed by atoms with Crippen molar-refractivity contribution in [1.29, 1.82) is 0 Å². The summed E-state index contributed by atoms with van der Waals surface area (Å²) in [6.07, 6.45) is 0. The molecular weight excluding hydrogens is 532 g/mol. The van der Waals surface area contributed by atoms with E-state index in [1.54, 1.807) is 0 Å². The molecule has 2 heteroatoms. The van der Waals surface area contributed by atoms with Crippen LogP contribution in [0.4, 0.5) is 17.1 Å². The zero-order valence-electron chi connectivity index (χ0n) is 24.2. The first-order chi connectivity index (χ1) is 21.8. The Balaban J connectivity index is 1.33. The largest absolute Gasteiger partial charge is 0.310 e. The van der Waals surface area contributed by atoms with Crippen molar-refractivity contribution in [2.75, 3.05) is 4.90 Å². The van der Waals surface area contributed by atoms with Crippen LogP contribution >= 0.6 is 0 Å². The minimum Gasteiger partial charge on any atom is -0.310 e. The third-order valence-corrected chi connectivity index (χ3v) is 8.38. The Morgan fingerprint density at radius 1 is 0.318 bits per heavy atom. The molecule has 0 radical (unpaired) electrons. The summed E-state index contributed by atoms with van der Waals surface area (Å²) in [6, 6.07) is 65.1. The van der Waals surface area contributed by atoms with Crippen LogP contribution in [0.3, 0.4) is 0 Å². The van der Waals surface area contributed by atoms with E-state index < -0.39 is 0 Å². The molecule has 0 amide bonds. The maximum atomic E-state index is 2.38. The van der Waals surface area contributed by atoms with Gasteiger partial charge < -0.3 is 9.47 Å². The Labute approximate surface area is 257 Å². The van der Waals surface area contributed by atoms with E-state index in [1.165, 1.54) is 44.1 Å². The summed E-state index contributed by atoms with van der Waals surface area (Å²) >= 11 is 0. The topological polar surface area (TPSA) is 8.17 Å². The first kappa shape index (κ1) is 25.8. The average molecular weight is 563 g/mol. The molecule has 0 spiro atoms. The molecule has 0 saturated heterocycles. The van der Waals surface area contributed by atoms with E-state index in [0.717, 1.165) is 22.7 Å². The fourth-order valence-electron chi connectivity index (χ4n) is 6.27. The summed E-state index contributed by atoms with van der Waals surface area (Å²) in [5, 5.41) is 2.46. The summed E-state index contributed by atoms with van der Waals surface area (Å²) in [4.78, 5) is 2.35. The summed E-state index contributed by atoms with van der Waals surface area (Å²) < 4.78 is 2.38. The van der Waals surface area contributed by atoms with Crippen molar-refractivity contribution in [3.63, 3.8) is 0 Å². The predicted molar refractivity (Wildman–Crippen MR) is 186 cm³/mol. The molecule has 0 aliphatic rings. The lowest BCUT2D eigenvalue weighted by molar-refractivity contribution is 1.18. The lowest BCUT2D eigenvalue weighted by Gasteiger charge is -2.26. The lowest BCUT2D eigenvalue weighted by Crippen LogP contribution is -2.09. The number of benzene rings is 7. The Morgan fingerprint density at radius 3 is 1.39 bits per heavy atom. The second-order valence-corrected chi connectivity index (χ2v) is 11.1. The van der Waals surface area contributed by atoms with E-state index in [0.29, 0.717) is 0 Å². The van der Waals surface area contributed by atoms with E-state index in [9.17, 15) is 0 Å². The van der Waals surface area contributed by atoms with Crippen molar-refractivity contribution in [1.82, 2.24) is 4.57 Å². The molecule has 8 rings (SSSR count). The van der Waals surface area contributed by atoms with Gasteiger partial charge in [0.05, 0.1) is 11.0 Å². The van der Waals surface area contributed by atoms with Gasteiger partial charge >= 0.3 is 0 Å². The summed E-state index contributed by atoms with van der Waals surface area (Å²) in [5.41, 5.74) is 11.8. The highest BCUT2D eigenvalue weighted by Crippen LogP contribution is 2.41. The third kappa shape index (κ3) is 4.63.